The maximum Gasteiger partial charge on any atom is 0.241 e. The van der Waals surface area contributed by atoms with Gasteiger partial charge < -0.3 is 11.1 Å². The first-order valence-electron chi connectivity index (χ1n) is 6.85. The highest BCUT2D eigenvalue weighted by Crippen LogP contribution is 2.18. The monoisotopic (exact) mass is 292 g/mol. The second-order valence-corrected chi connectivity index (χ2v) is 5.14. The van der Waals surface area contributed by atoms with Crippen LogP contribution in [0.15, 0.2) is 18.2 Å². The van der Waals surface area contributed by atoms with Gasteiger partial charge in [-0.25, -0.2) is 4.39 Å². The molecule has 0 bridgehead atoms. The lowest BCUT2D eigenvalue weighted by atomic mass is 10.1. The Morgan fingerprint density at radius 3 is 2.71 bits per heavy atom. The molecule has 0 spiro atoms. The third-order valence-corrected chi connectivity index (χ3v) is 3.27. The van der Waals surface area contributed by atoms with Crippen LogP contribution in [0.2, 0.25) is 0 Å². The van der Waals surface area contributed by atoms with Crippen LogP contribution in [0.5, 0.6) is 0 Å². The normalized spacial score (nSPS) is 12.2. The Kier molecular flexibility index (Phi) is 6.12. The summed E-state index contributed by atoms with van der Waals surface area (Å²) in [5.74, 6) is -0.857. The van der Waals surface area contributed by atoms with Crippen LogP contribution in [0.4, 0.5) is 15.8 Å². The van der Waals surface area contributed by atoms with Crippen LogP contribution < -0.4 is 11.1 Å². The number of halogens is 1. The lowest BCUT2D eigenvalue weighted by Crippen LogP contribution is -2.46. The number of nitrogens with two attached hydrogens (primary N) is 1. The van der Waals surface area contributed by atoms with Crippen LogP contribution in [-0.4, -0.2) is 29.4 Å². The van der Waals surface area contributed by atoms with Crippen molar-refractivity contribution >= 4 is 17.3 Å². The van der Waals surface area contributed by atoms with Crippen molar-refractivity contribution in [3.63, 3.8) is 0 Å². The van der Waals surface area contributed by atoms with Crippen molar-refractivity contribution in [3.8, 4) is 6.07 Å². The molecule has 6 heteroatoms. The predicted molar refractivity (Wildman–Crippen MR) is 81.0 cm³/mol. The highest BCUT2D eigenvalue weighted by molar-refractivity contribution is 5.95. The van der Waals surface area contributed by atoms with Gasteiger partial charge in [0.25, 0.3) is 0 Å². The fourth-order valence-electron chi connectivity index (χ4n) is 2.10. The minimum absolute atomic E-state index is 0.0656. The van der Waals surface area contributed by atoms with Gasteiger partial charge in [0.05, 0.1) is 17.8 Å². The summed E-state index contributed by atoms with van der Waals surface area (Å²) in [7, 11) is 0. The van der Waals surface area contributed by atoms with E-state index in [1.54, 1.807) is 6.92 Å². The Labute approximate surface area is 124 Å². The van der Waals surface area contributed by atoms with Gasteiger partial charge in [-0.05, 0) is 39.0 Å². The van der Waals surface area contributed by atoms with Gasteiger partial charge in [0.15, 0.2) is 0 Å². The average molecular weight is 292 g/mol. The van der Waals surface area contributed by atoms with Crippen molar-refractivity contribution < 1.29 is 9.18 Å². The molecule has 0 saturated carbocycles. The van der Waals surface area contributed by atoms with Crippen molar-refractivity contribution in [2.45, 2.75) is 39.3 Å². The number of amides is 1. The lowest BCUT2D eigenvalue weighted by molar-refractivity contribution is -0.121. The SMILES string of the molecule is CC(C)N(CCC#N)C(C)C(=O)Nc1cc(N)ccc1F. The molecule has 0 saturated heterocycles. The molecule has 0 radical (unpaired) electrons. The lowest BCUT2D eigenvalue weighted by Gasteiger charge is -2.31. The molecule has 0 aliphatic rings. The summed E-state index contributed by atoms with van der Waals surface area (Å²) in [6, 6.07) is 5.72. The summed E-state index contributed by atoms with van der Waals surface area (Å²) in [5, 5.41) is 11.2. The molecular weight excluding hydrogens is 271 g/mol. The van der Waals surface area contributed by atoms with Crippen LogP contribution in [0, 0.1) is 17.1 Å². The van der Waals surface area contributed by atoms with Gasteiger partial charge >= 0.3 is 0 Å². The molecule has 1 amide bonds. The molecule has 1 rings (SSSR count). The number of nitrogen functional groups attached to an aromatic ring is 1. The molecule has 5 nitrogen and oxygen atoms in total. The smallest absolute Gasteiger partial charge is 0.241 e. The summed E-state index contributed by atoms with van der Waals surface area (Å²) < 4.78 is 13.6. The average Bonchev–Trinajstić information content (AvgIpc) is 2.42. The van der Waals surface area contributed by atoms with E-state index in [0.717, 1.165) is 0 Å². The number of nitriles is 1. The Morgan fingerprint density at radius 2 is 2.14 bits per heavy atom. The van der Waals surface area contributed by atoms with Crippen molar-refractivity contribution in [2.24, 2.45) is 0 Å². The van der Waals surface area contributed by atoms with Crippen LogP contribution in [-0.2, 0) is 4.79 Å². The third kappa shape index (κ3) is 4.72. The molecule has 1 unspecified atom stereocenters. The van der Waals surface area contributed by atoms with E-state index in [9.17, 15) is 9.18 Å². The summed E-state index contributed by atoms with van der Waals surface area (Å²) in [6.07, 6.45) is 0.336. The van der Waals surface area contributed by atoms with Crippen molar-refractivity contribution in [2.75, 3.05) is 17.6 Å². The second-order valence-electron chi connectivity index (χ2n) is 5.14. The number of anilines is 2. The first-order valence-corrected chi connectivity index (χ1v) is 6.85. The minimum atomic E-state index is -0.530. The molecule has 21 heavy (non-hydrogen) atoms. The number of rotatable bonds is 6. The number of carbonyl (C=O) groups excluding carboxylic acids is 1. The van der Waals surface area contributed by atoms with Crippen molar-refractivity contribution in [3.05, 3.63) is 24.0 Å². The number of nitrogens with one attached hydrogen (secondary N) is 1. The first-order chi connectivity index (χ1) is 9.86. The summed E-state index contributed by atoms with van der Waals surface area (Å²) in [6.45, 7) is 6.11. The Hall–Kier alpha value is -2.13. The zero-order valence-corrected chi connectivity index (χ0v) is 12.6. The molecule has 1 aromatic rings. The summed E-state index contributed by atoms with van der Waals surface area (Å²) in [5.41, 5.74) is 6.03. The Bertz CT molecular complexity index is 539. The van der Waals surface area contributed by atoms with Crippen LogP contribution in [0.25, 0.3) is 0 Å². The number of hydrogen-bond acceptors (Lipinski definition) is 4. The van der Waals surface area contributed by atoms with E-state index in [4.69, 9.17) is 11.0 Å². The van der Waals surface area contributed by atoms with Gasteiger partial charge in [-0.2, -0.15) is 5.26 Å². The molecule has 114 valence electrons. The Balaban J connectivity index is 2.81. The van der Waals surface area contributed by atoms with Crippen LogP contribution >= 0.6 is 0 Å². The molecule has 0 fully saturated rings. The molecule has 0 aromatic heterocycles. The van der Waals surface area contributed by atoms with Gasteiger partial charge in [-0.15, -0.1) is 0 Å². The molecule has 1 atom stereocenters. The highest BCUT2D eigenvalue weighted by atomic mass is 19.1. The van der Waals surface area contributed by atoms with Gasteiger partial charge in [-0.1, -0.05) is 0 Å². The van der Waals surface area contributed by atoms with Crippen LogP contribution in [0.1, 0.15) is 27.2 Å². The van der Waals surface area contributed by atoms with Crippen LogP contribution in [0.3, 0.4) is 0 Å². The molecule has 1 aromatic carbocycles. The van der Waals surface area contributed by atoms with Gasteiger partial charge in [-0.3, -0.25) is 9.69 Å². The molecule has 3 N–H and O–H groups in total. The van der Waals surface area contributed by atoms with E-state index < -0.39 is 11.9 Å². The summed E-state index contributed by atoms with van der Waals surface area (Å²) >= 11 is 0. The van der Waals surface area contributed by atoms with E-state index in [2.05, 4.69) is 11.4 Å². The fourth-order valence-corrected chi connectivity index (χ4v) is 2.10. The van der Waals surface area contributed by atoms with Gasteiger partial charge in [0.2, 0.25) is 5.91 Å². The van der Waals surface area contributed by atoms with E-state index in [1.807, 2.05) is 18.7 Å². The number of carbonyl (C=O) groups is 1. The predicted octanol–water partition coefficient (Wildman–Crippen LogP) is 2.36. The topological polar surface area (TPSA) is 82.2 Å². The zero-order valence-electron chi connectivity index (χ0n) is 12.6. The molecule has 0 aliphatic carbocycles. The maximum absolute atomic E-state index is 13.6. The highest BCUT2D eigenvalue weighted by Gasteiger charge is 2.24. The first kappa shape index (κ1) is 16.9. The quantitative estimate of drug-likeness (QED) is 0.789. The van der Waals surface area contributed by atoms with Crippen molar-refractivity contribution in [1.29, 1.82) is 5.26 Å². The van der Waals surface area contributed by atoms with E-state index >= 15 is 0 Å². The van der Waals surface area contributed by atoms with Crippen molar-refractivity contribution in [1.82, 2.24) is 4.90 Å². The summed E-state index contributed by atoms with van der Waals surface area (Å²) in [4.78, 5) is 14.1. The maximum atomic E-state index is 13.6. The largest absolute Gasteiger partial charge is 0.399 e. The fraction of sp³-hybridized carbons (Fsp3) is 0.467. The van der Waals surface area contributed by atoms with E-state index in [-0.39, 0.29) is 17.6 Å². The standard InChI is InChI=1S/C15H21FN4O/c1-10(2)20(8-4-7-17)11(3)15(21)19-14-9-12(18)5-6-13(14)16/h5-6,9-11H,4,8,18H2,1-3H3,(H,19,21). The number of benzene rings is 1. The Morgan fingerprint density at radius 1 is 1.48 bits per heavy atom. The molecule has 0 heterocycles. The van der Waals surface area contributed by atoms with E-state index in [1.165, 1.54) is 18.2 Å². The number of nitrogens with zero attached hydrogens (tertiary/aromatic N) is 2. The number of hydrogen-bond donors (Lipinski definition) is 2. The van der Waals surface area contributed by atoms with Gasteiger partial charge in [0.1, 0.15) is 5.82 Å². The van der Waals surface area contributed by atoms with Gasteiger partial charge in [0, 0.05) is 24.7 Å². The minimum Gasteiger partial charge on any atom is -0.399 e. The molecular formula is C15H21FN4O. The zero-order chi connectivity index (χ0) is 16.0. The van der Waals surface area contributed by atoms with E-state index in [0.29, 0.717) is 18.7 Å². The third-order valence-electron chi connectivity index (χ3n) is 3.27. The molecule has 0 aliphatic heterocycles. The second kappa shape index (κ2) is 7.60.